The molecule has 19 heavy (non-hydrogen) atoms. The largest absolute Gasteiger partial charge is 0.486 e. The fourth-order valence-corrected chi connectivity index (χ4v) is 3.97. The summed E-state index contributed by atoms with van der Waals surface area (Å²) in [6, 6.07) is 6.23. The van der Waals surface area contributed by atoms with E-state index in [1.165, 1.54) is 29.9 Å². The summed E-state index contributed by atoms with van der Waals surface area (Å²) in [6.07, 6.45) is 3.70. The Hall–Kier alpha value is -0.870. The summed E-state index contributed by atoms with van der Waals surface area (Å²) in [5.41, 5.74) is 7.52. The Bertz CT molecular complexity index is 432. The molecular weight excluding hydrogens is 258 g/mol. The van der Waals surface area contributed by atoms with E-state index in [1.807, 2.05) is 6.07 Å². The lowest BCUT2D eigenvalue weighted by Crippen LogP contribution is -2.20. The van der Waals surface area contributed by atoms with Gasteiger partial charge in [0.25, 0.3) is 0 Å². The van der Waals surface area contributed by atoms with Crippen LogP contribution in [0.1, 0.15) is 30.9 Å². The van der Waals surface area contributed by atoms with E-state index >= 15 is 0 Å². The Balaban J connectivity index is 1.67. The molecule has 0 bridgehead atoms. The van der Waals surface area contributed by atoms with Gasteiger partial charge in [0.1, 0.15) is 13.2 Å². The van der Waals surface area contributed by atoms with Crippen LogP contribution in [0.2, 0.25) is 0 Å². The molecule has 4 heteroatoms. The summed E-state index contributed by atoms with van der Waals surface area (Å²) >= 11 is 2.06. The molecule has 0 aliphatic carbocycles. The van der Waals surface area contributed by atoms with E-state index in [4.69, 9.17) is 15.2 Å². The van der Waals surface area contributed by atoms with Crippen molar-refractivity contribution < 1.29 is 9.47 Å². The fraction of sp³-hybridized carbons (Fsp3) is 0.600. The second kappa shape index (κ2) is 6.06. The fourth-order valence-electron chi connectivity index (χ4n) is 2.77. The number of hydrogen-bond donors (Lipinski definition) is 1. The molecule has 1 atom stereocenters. The molecule has 0 amide bonds. The van der Waals surface area contributed by atoms with E-state index in [-0.39, 0.29) is 6.04 Å². The van der Waals surface area contributed by atoms with Crippen molar-refractivity contribution in [1.29, 1.82) is 0 Å². The van der Waals surface area contributed by atoms with Crippen molar-refractivity contribution in [2.45, 2.75) is 25.3 Å². The Morgan fingerprint density at radius 1 is 1.16 bits per heavy atom. The van der Waals surface area contributed by atoms with Gasteiger partial charge >= 0.3 is 0 Å². The maximum absolute atomic E-state index is 6.36. The summed E-state index contributed by atoms with van der Waals surface area (Å²) in [5, 5.41) is 0. The van der Waals surface area contributed by atoms with Gasteiger partial charge in [-0.25, -0.2) is 0 Å². The molecule has 2 N–H and O–H groups in total. The van der Waals surface area contributed by atoms with Gasteiger partial charge in [-0.2, -0.15) is 11.8 Å². The summed E-state index contributed by atoms with van der Waals surface area (Å²) in [7, 11) is 0. The van der Waals surface area contributed by atoms with Crippen molar-refractivity contribution in [3.8, 4) is 11.5 Å². The van der Waals surface area contributed by atoms with Crippen LogP contribution < -0.4 is 15.2 Å². The second-order valence-electron chi connectivity index (χ2n) is 5.30. The molecule has 2 aliphatic heterocycles. The predicted molar refractivity (Wildman–Crippen MR) is 79.0 cm³/mol. The Labute approximate surface area is 118 Å². The zero-order valence-corrected chi connectivity index (χ0v) is 12.0. The van der Waals surface area contributed by atoms with Gasteiger partial charge in [-0.15, -0.1) is 0 Å². The maximum Gasteiger partial charge on any atom is 0.161 e. The van der Waals surface area contributed by atoms with E-state index in [9.17, 15) is 0 Å². The molecule has 3 nitrogen and oxygen atoms in total. The average molecular weight is 279 g/mol. The van der Waals surface area contributed by atoms with Crippen molar-refractivity contribution in [2.75, 3.05) is 24.7 Å². The topological polar surface area (TPSA) is 44.5 Å². The SMILES string of the molecule is NC(CC1CCSCC1)c1ccc2c(c1)OCCO2. The van der Waals surface area contributed by atoms with Gasteiger partial charge in [-0.05, 0) is 54.4 Å². The van der Waals surface area contributed by atoms with E-state index in [1.54, 1.807) is 0 Å². The number of nitrogens with two attached hydrogens (primary N) is 1. The van der Waals surface area contributed by atoms with Crippen LogP contribution in [0.25, 0.3) is 0 Å². The predicted octanol–water partition coefficient (Wildman–Crippen LogP) is 2.99. The first-order chi connectivity index (χ1) is 9.33. The average Bonchev–Trinajstić information content (AvgIpc) is 2.48. The van der Waals surface area contributed by atoms with Gasteiger partial charge in [0.05, 0.1) is 0 Å². The van der Waals surface area contributed by atoms with Crippen LogP contribution in [0.15, 0.2) is 18.2 Å². The summed E-state index contributed by atoms with van der Waals surface area (Å²) in [5.74, 6) is 5.05. The molecule has 1 aromatic carbocycles. The highest BCUT2D eigenvalue weighted by molar-refractivity contribution is 7.99. The normalized spacial score (nSPS) is 21.1. The minimum absolute atomic E-state index is 0.115. The molecule has 0 radical (unpaired) electrons. The van der Waals surface area contributed by atoms with Crippen LogP contribution in [0.5, 0.6) is 11.5 Å². The monoisotopic (exact) mass is 279 g/mol. The standard InChI is InChI=1S/C15H21NO2S/c16-13(9-11-3-7-19-8-4-11)12-1-2-14-15(10-12)18-6-5-17-14/h1-2,10-11,13H,3-9,16H2. The minimum atomic E-state index is 0.115. The lowest BCUT2D eigenvalue weighted by atomic mass is 9.91. The highest BCUT2D eigenvalue weighted by Gasteiger charge is 2.20. The lowest BCUT2D eigenvalue weighted by molar-refractivity contribution is 0.171. The molecule has 104 valence electrons. The molecule has 1 unspecified atom stereocenters. The van der Waals surface area contributed by atoms with Crippen molar-refractivity contribution >= 4 is 11.8 Å². The smallest absolute Gasteiger partial charge is 0.161 e. The number of benzene rings is 1. The third-order valence-electron chi connectivity index (χ3n) is 3.92. The third-order valence-corrected chi connectivity index (χ3v) is 4.97. The molecule has 2 heterocycles. The zero-order valence-electron chi connectivity index (χ0n) is 11.1. The number of hydrogen-bond acceptors (Lipinski definition) is 4. The molecule has 0 aromatic heterocycles. The van der Waals surface area contributed by atoms with Crippen LogP contribution in [-0.2, 0) is 0 Å². The first-order valence-corrected chi connectivity index (χ1v) is 8.21. The second-order valence-corrected chi connectivity index (χ2v) is 6.53. The Kier molecular flexibility index (Phi) is 4.18. The first kappa shape index (κ1) is 13.1. The molecule has 3 rings (SSSR count). The number of ether oxygens (including phenoxy) is 2. The van der Waals surface area contributed by atoms with E-state index in [0.717, 1.165) is 23.8 Å². The summed E-state index contributed by atoms with van der Waals surface area (Å²) in [6.45, 7) is 1.27. The van der Waals surface area contributed by atoms with Crippen molar-refractivity contribution in [3.05, 3.63) is 23.8 Å². The van der Waals surface area contributed by atoms with Crippen LogP contribution in [0.4, 0.5) is 0 Å². The number of thioether (sulfide) groups is 1. The van der Waals surface area contributed by atoms with Gasteiger partial charge in [0.2, 0.25) is 0 Å². The highest BCUT2D eigenvalue weighted by atomic mass is 32.2. The lowest BCUT2D eigenvalue weighted by Gasteiger charge is -2.25. The zero-order chi connectivity index (χ0) is 13.1. The van der Waals surface area contributed by atoms with Gasteiger partial charge in [0.15, 0.2) is 11.5 Å². The molecular formula is C15H21NO2S. The number of rotatable bonds is 3. The summed E-state index contributed by atoms with van der Waals surface area (Å²) < 4.78 is 11.2. The van der Waals surface area contributed by atoms with E-state index in [2.05, 4.69) is 23.9 Å². The van der Waals surface area contributed by atoms with Gasteiger partial charge in [-0.1, -0.05) is 6.07 Å². The van der Waals surface area contributed by atoms with Crippen LogP contribution in [0, 0.1) is 5.92 Å². The van der Waals surface area contributed by atoms with Gasteiger partial charge in [-0.3, -0.25) is 0 Å². The van der Waals surface area contributed by atoms with E-state index < -0.39 is 0 Å². The molecule has 0 spiro atoms. The third kappa shape index (κ3) is 3.18. The Morgan fingerprint density at radius 2 is 1.89 bits per heavy atom. The first-order valence-electron chi connectivity index (χ1n) is 7.06. The van der Waals surface area contributed by atoms with Crippen molar-refractivity contribution in [1.82, 2.24) is 0 Å². The molecule has 2 aliphatic rings. The van der Waals surface area contributed by atoms with E-state index in [0.29, 0.717) is 13.2 Å². The van der Waals surface area contributed by atoms with Crippen LogP contribution >= 0.6 is 11.8 Å². The Morgan fingerprint density at radius 3 is 2.68 bits per heavy atom. The minimum Gasteiger partial charge on any atom is -0.486 e. The van der Waals surface area contributed by atoms with Crippen LogP contribution in [0.3, 0.4) is 0 Å². The maximum atomic E-state index is 6.36. The molecule has 1 aromatic rings. The van der Waals surface area contributed by atoms with Crippen molar-refractivity contribution in [2.24, 2.45) is 11.7 Å². The molecule has 1 fully saturated rings. The quantitative estimate of drug-likeness (QED) is 0.924. The molecule has 0 saturated carbocycles. The highest BCUT2D eigenvalue weighted by Crippen LogP contribution is 2.35. The van der Waals surface area contributed by atoms with Crippen LogP contribution in [-0.4, -0.2) is 24.7 Å². The van der Waals surface area contributed by atoms with Crippen molar-refractivity contribution in [3.63, 3.8) is 0 Å². The number of fused-ring (bicyclic) bond motifs is 1. The summed E-state index contributed by atoms with van der Waals surface area (Å²) in [4.78, 5) is 0. The molecule has 1 saturated heterocycles. The van der Waals surface area contributed by atoms with Gasteiger partial charge in [0, 0.05) is 6.04 Å². The van der Waals surface area contributed by atoms with Gasteiger partial charge < -0.3 is 15.2 Å².